The first-order chi connectivity index (χ1) is 29.3. The lowest BCUT2D eigenvalue weighted by molar-refractivity contribution is 0.289. The van der Waals surface area contributed by atoms with Crippen molar-refractivity contribution in [1.29, 1.82) is 0 Å². The highest BCUT2D eigenvalue weighted by atomic mass is 16.3. The standard InChI is InChI=1S/C55H48N4O/c1-35-17-13-24-42(31-35)59-48-29-12-11-25-46(48)47-34-40(32-36(2)55(47,59)4)43-26-15-27-44-45-28-16-30-54(3,50(45)60-49(43)44)41-23-14-22-39(33-41)53-57-51(37-18-7-5-8-19-37)56-52(58-53)38-20-9-6-10-21-38/h5-16,18-29,31,33-36,47H,17,30,32H2,1-4H3. The predicted molar refractivity (Wildman–Crippen MR) is 245 cm³/mol. The van der Waals surface area contributed by atoms with Gasteiger partial charge in [-0.1, -0.05) is 159 Å². The second-order valence-electron chi connectivity index (χ2n) is 17.7. The Kier molecular flexibility index (Phi) is 8.52. The number of para-hydroxylation sites is 2. The summed E-state index contributed by atoms with van der Waals surface area (Å²) in [5.74, 6) is 4.12. The molecule has 1 aliphatic heterocycles. The second kappa shape index (κ2) is 14.0. The highest BCUT2D eigenvalue weighted by Gasteiger charge is 2.53. The van der Waals surface area contributed by atoms with Gasteiger partial charge in [0.1, 0.15) is 11.3 Å². The Bertz CT molecular complexity index is 2880. The molecule has 5 unspecified atom stereocenters. The Morgan fingerprint density at radius 2 is 1.33 bits per heavy atom. The molecule has 5 nitrogen and oxygen atoms in total. The molecule has 294 valence electrons. The van der Waals surface area contributed by atoms with Crippen molar-refractivity contribution in [3.63, 3.8) is 0 Å². The molecular formula is C55H48N4O. The number of hydrogen-bond donors (Lipinski definition) is 0. The van der Waals surface area contributed by atoms with E-state index in [0.717, 1.165) is 47.3 Å². The first-order valence-electron chi connectivity index (χ1n) is 21.5. The third-order valence-electron chi connectivity index (χ3n) is 13.9. The molecule has 0 saturated heterocycles. The number of rotatable bonds is 6. The van der Waals surface area contributed by atoms with Gasteiger partial charge in [-0.05, 0) is 79.9 Å². The van der Waals surface area contributed by atoms with E-state index >= 15 is 0 Å². The van der Waals surface area contributed by atoms with Crippen molar-refractivity contribution in [2.75, 3.05) is 4.90 Å². The summed E-state index contributed by atoms with van der Waals surface area (Å²) in [4.78, 5) is 17.7. The Hall–Kier alpha value is -6.59. The van der Waals surface area contributed by atoms with Crippen molar-refractivity contribution in [2.24, 2.45) is 11.8 Å². The molecule has 0 bridgehead atoms. The molecule has 7 aromatic rings. The SMILES string of the molecule is CC1C=C(N2c3ccccc3C3C=C(c4cccc5c6c(oc45)C(C)(c4cccc(-c5nc(-c7ccccc7)nc(-c7ccccc7)n5)c4)CC=C6)CC(C)C32C)C=CC1. The van der Waals surface area contributed by atoms with E-state index in [0.29, 0.717) is 29.3 Å². The van der Waals surface area contributed by atoms with Gasteiger partial charge >= 0.3 is 0 Å². The van der Waals surface area contributed by atoms with E-state index in [2.05, 4.69) is 136 Å². The maximum atomic E-state index is 7.25. The first kappa shape index (κ1) is 36.5. The Labute approximate surface area is 352 Å². The summed E-state index contributed by atoms with van der Waals surface area (Å²) in [6.07, 6.45) is 17.2. The summed E-state index contributed by atoms with van der Waals surface area (Å²) in [5.41, 5.74) is 12.3. The average molecular weight is 781 g/mol. The molecule has 11 rings (SSSR count). The third-order valence-corrected chi connectivity index (χ3v) is 13.9. The van der Waals surface area contributed by atoms with Crippen molar-refractivity contribution < 1.29 is 4.42 Å². The van der Waals surface area contributed by atoms with Crippen LogP contribution in [0.3, 0.4) is 0 Å². The second-order valence-corrected chi connectivity index (χ2v) is 17.7. The number of aromatic nitrogens is 3. The third kappa shape index (κ3) is 5.70. The lowest BCUT2D eigenvalue weighted by Crippen LogP contribution is -2.52. The summed E-state index contributed by atoms with van der Waals surface area (Å²) in [6.45, 7) is 9.59. The summed E-state index contributed by atoms with van der Waals surface area (Å²) >= 11 is 0. The largest absolute Gasteiger partial charge is 0.459 e. The maximum absolute atomic E-state index is 7.25. The molecule has 4 aliphatic rings. The van der Waals surface area contributed by atoms with Gasteiger partial charge in [-0.3, -0.25) is 0 Å². The molecule has 5 heteroatoms. The van der Waals surface area contributed by atoms with Crippen molar-refractivity contribution in [2.45, 2.75) is 63.8 Å². The van der Waals surface area contributed by atoms with E-state index in [1.54, 1.807) is 0 Å². The van der Waals surface area contributed by atoms with Crippen molar-refractivity contribution in [3.05, 3.63) is 191 Å². The van der Waals surface area contributed by atoms with Crippen molar-refractivity contribution >= 4 is 28.3 Å². The van der Waals surface area contributed by atoms with Gasteiger partial charge in [-0.2, -0.15) is 0 Å². The smallest absolute Gasteiger partial charge is 0.164 e. The average Bonchev–Trinajstić information content (AvgIpc) is 3.81. The Morgan fingerprint density at radius 1 is 0.667 bits per heavy atom. The minimum absolute atomic E-state index is 0.0920. The minimum atomic E-state index is -0.413. The minimum Gasteiger partial charge on any atom is -0.459 e. The number of anilines is 1. The van der Waals surface area contributed by atoms with Crippen LogP contribution in [0.15, 0.2) is 168 Å². The van der Waals surface area contributed by atoms with Crippen LogP contribution in [0.1, 0.15) is 80.9 Å². The van der Waals surface area contributed by atoms with Crippen LogP contribution in [0.2, 0.25) is 0 Å². The van der Waals surface area contributed by atoms with Crippen LogP contribution in [0, 0.1) is 11.8 Å². The fourth-order valence-electron chi connectivity index (χ4n) is 10.5. The van der Waals surface area contributed by atoms with Gasteiger partial charge in [-0.15, -0.1) is 0 Å². The quantitative estimate of drug-likeness (QED) is 0.168. The van der Waals surface area contributed by atoms with Crippen molar-refractivity contribution in [3.8, 4) is 34.2 Å². The van der Waals surface area contributed by atoms with Gasteiger partial charge in [0, 0.05) is 50.5 Å². The number of benzene rings is 5. The highest BCUT2D eigenvalue weighted by Crippen LogP contribution is 2.59. The van der Waals surface area contributed by atoms with Crippen LogP contribution in [-0.2, 0) is 5.41 Å². The van der Waals surface area contributed by atoms with Crippen LogP contribution in [0.25, 0.3) is 56.8 Å². The molecule has 0 spiro atoms. The van der Waals surface area contributed by atoms with Gasteiger partial charge in [-0.25, -0.2) is 15.0 Å². The van der Waals surface area contributed by atoms with E-state index in [4.69, 9.17) is 19.4 Å². The lowest BCUT2D eigenvalue weighted by Gasteiger charge is -2.48. The van der Waals surface area contributed by atoms with Gasteiger partial charge in [0.25, 0.3) is 0 Å². The molecule has 5 aromatic carbocycles. The molecule has 60 heavy (non-hydrogen) atoms. The highest BCUT2D eigenvalue weighted by molar-refractivity contribution is 5.97. The number of furan rings is 1. The molecule has 5 atom stereocenters. The normalized spacial score (nSPS) is 24.1. The van der Waals surface area contributed by atoms with E-state index < -0.39 is 5.41 Å². The van der Waals surface area contributed by atoms with Gasteiger partial charge < -0.3 is 9.32 Å². The van der Waals surface area contributed by atoms with Gasteiger partial charge in [0.15, 0.2) is 17.5 Å². The molecule has 0 radical (unpaired) electrons. The molecule has 0 saturated carbocycles. The molecule has 3 aliphatic carbocycles. The molecule has 0 N–H and O–H groups in total. The molecule has 3 heterocycles. The van der Waals surface area contributed by atoms with Crippen LogP contribution >= 0.6 is 0 Å². The van der Waals surface area contributed by atoms with Crippen LogP contribution in [0.5, 0.6) is 0 Å². The fourth-order valence-corrected chi connectivity index (χ4v) is 10.5. The zero-order valence-corrected chi connectivity index (χ0v) is 34.6. The number of allylic oxidation sites excluding steroid dienone is 5. The van der Waals surface area contributed by atoms with Crippen molar-refractivity contribution in [1.82, 2.24) is 15.0 Å². The van der Waals surface area contributed by atoms with Crippen LogP contribution < -0.4 is 4.90 Å². The Balaban J connectivity index is 1.00. The van der Waals surface area contributed by atoms with Crippen LogP contribution in [0.4, 0.5) is 5.69 Å². The molecule has 2 aromatic heterocycles. The maximum Gasteiger partial charge on any atom is 0.164 e. The first-order valence-corrected chi connectivity index (χ1v) is 21.5. The van der Waals surface area contributed by atoms with E-state index in [1.165, 1.54) is 44.6 Å². The predicted octanol–water partition coefficient (Wildman–Crippen LogP) is 13.6. The summed E-state index contributed by atoms with van der Waals surface area (Å²) in [5, 5.41) is 1.17. The van der Waals surface area contributed by atoms with Gasteiger partial charge in [0.05, 0.1) is 11.0 Å². The van der Waals surface area contributed by atoms with E-state index in [-0.39, 0.29) is 11.5 Å². The zero-order valence-electron chi connectivity index (χ0n) is 34.6. The number of hydrogen-bond acceptors (Lipinski definition) is 5. The van der Waals surface area contributed by atoms with Crippen LogP contribution in [-0.4, -0.2) is 20.5 Å². The zero-order chi connectivity index (χ0) is 40.6. The summed E-state index contributed by atoms with van der Waals surface area (Å²) < 4.78 is 7.25. The van der Waals surface area contributed by atoms with E-state index in [1.807, 2.05) is 60.7 Å². The molecular weight excluding hydrogens is 733 g/mol. The fraction of sp³-hybridized carbons (Fsp3) is 0.218. The molecule has 0 fully saturated rings. The summed E-state index contributed by atoms with van der Waals surface area (Å²) in [6, 6.07) is 44.8. The molecule has 0 amide bonds. The Morgan fingerprint density at radius 3 is 2.07 bits per heavy atom. The summed E-state index contributed by atoms with van der Waals surface area (Å²) in [7, 11) is 0. The topological polar surface area (TPSA) is 55.1 Å². The lowest BCUT2D eigenvalue weighted by atomic mass is 9.67. The van der Waals surface area contributed by atoms with E-state index in [9.17, 15) is 0 Å². The number of fused-ring (bicyclic) bond motifs is 6. The monoisotopic (exact) mass is 780 g/mol. The number of nitrogens with zero attached hydrogens (tertiary/aromatic N) is 4. The van der Waals surface area contributed by atoms with Gasteiger partial charge in [0.2, 0.25) is 0 Å².